The van der Waals surface area contributed by atoms with Crippen molar-refractivity contribution in [1.29, 1.82) is 0 Å². The zero-order valence-corrected chi connectivity index (χ0v) is 9.92. The topological polar surface area (TPSA) is 87.8 Å². The van der Waals surface area contributed by atoms with Gasteiger partial charge in [0.1, 0.15) is 5.82 Å². The largest absolute Gasteiger partial charge is 0.395 e. The number of aryl methyl sites for hydroxylation is 1. The van der Waals surface area contributed by atoms with Crippen molar-refractivity contribution >= 4 is 11.8 Å². The molecule has 5 nitrogen and oxygen atoms in total. The molecule has 6 heteroatoms. The van der Waals surface area contributed by atoms with E-state index in [1.165, 1.54) is 11.8 Å². The predicted molar refractivity (Wildman–Crippen MR) is 60.7 cm³/mol. The molecule has 1 heterocycles. The number of thioether (sulfide) groups is 1. The molecule has 0 aromatic carbocycles. The van der Waals surface area contributed by atoms with Crippen LogP contribution in [0.3, 0.4) is 0 Å². The molecule has 15 heavy (non-hydrogen) atoms. The fourth-order valence-corrected chi connectivity index (χ4v) is 2.23. The standard InChI is InChI=1S/C9H18N4OS/c1-3-4-7(10)8(5-14)15-9-11-6(2)12-13-9/h7-8,14H,3-5,10H2,1-2H3,(H,11,12,13). The Balaban J connectivity index is 2.53. The molecule has 0 spiro atoms. The molecule has 0 aliphatic rings. The highest BCUT2D eigenvalue weighted by molar-refractivity contribution is 7.99. The number of rotatable bonds is 6. The summed E-state index contributed by atoms with van der Waals surface area (Å²) in [6.45, 7) is 3.98. The summed E-state index contributed by atoms with van der Waals surface area (Å²) in [6, 6.07) is -0.0104. The summed E-state index contributed by atoms with van der Waals surface area (Å²) < 4.78 is 0. The molecule has 0 aliphatic carbocycles. The third-order valence-electron chi connectivity index (χ3n) is 2.11. The first-order valence-corrected chi connectivity index (χ1v) is 5.97. The van der Waals surface area contributed by atoms with Gasteiger partial charge in [0.05, 0.1) is 11.9 Å². The van der Waals surface area contributed by atoms with Gasteiger partial charge in [-0.1, -0.05) is 25.1 Å². The molecular formula is C9H18N4OS. The van der Waals surface area contributed by atoms with Crippen LogP contribution in [0.2, 0.25) is 0 Å². The molecule has 0 radical (unpaired) electrons. The number of aliphatic hydroxyl groups is 1. The van der Waals surface area contributed by atoms with Gasteiger partial charge in [-0.2, -0.15) is 0 Å². The Labute approximate surface area is 93.9 Å². The molecule has 0 fully saturated rings. The summed E-state index contributed by atoms with van der Waals surface area (Å²) >= 11 is 1.43. The van der Waals surface area contributed by atoms with Gasteiger partial charge < -0.3 is 10.8 Å². The molecule has 4 N–H and O–H groups in total. The van der Waals surface area contributed by atoms with Crippen molar-refractivity contribution in [2.24, 2.45) is 5.73 Å². The monoisotopic (exact) mass is 230 g/mol. The van der Waals surface area contributed by atoms with Gasteiger partial charge >= 0.3 is 0 Å². The van der Waals surface area contributed by atoms with E-state index in [0.717, 1.165) is 18.7 Å². The number of aromatic nitrogens is 3. The van der Waals surface area contributed by atoms with E-state index in [2.05, 4.69) is 22.1 Å². The average molecular weight is 230 g/mol. The summed E-state index contributed by atoms with van der Waals surface area (Å²) in [5.74, 6) is 0.776. The minimum absolute atomic E-state index is 0.0104. The number of aliphatic hydroxyl groups excluding tert-OH is 1. The predicted octanol–water partition coefficient (Wildman–Crippen LogP) is 0.694. The van der Waals surface area contributed by atoms with E-state index < -0.39 is 0 Å². The summed E-state index contributed by atoms with van der Waals surface area (Å²) in [7, 11) is 0. The molecule has 2 unspecified atom stereocenters. The molecule has 1 rings (SSSR count). The fourth-order valence-electron chi connectivity index (χ4n) is 1.29. The maximum absolute atomic E-state index is 9.22. The van der Waals surface area contributed by atoms with Gasteiger partial charge in [0, 0.05) is 6.04 Å². The summed E-state index contributed by atoms with van der Waals surface area (Å²) in [4.78, 5) is 4.17. The Morgan fingerprint density at radius 1 is 1.60 bits per heavy atom. The van der Waals surface area contributed by atoms with Crippen LogP contribution >= 0.6 is 11.8 Å². The zero-order valence-electron chi connectivity index (χ0n) is 9.10. The van der Waals surface area contributed by atoms with Gasteiger partial charge in [-0.3, -0.25) is 5.10 Å². The van der Waals surface area contributed by atoms with E-state index in [1.54, 1.807) is 0 Å². The number of aromatic amines is 1. The number of nitrogens with zero attached hydrogens (tertiary/aromatic N) is 2. The molecule has 2 atom stereocenters. The third kappa shape index (κ3) is 3.81. The van der Waals surface area contributed by atoms with Crippen molar-refractivity contribution < 1.29 is 5.11 Å². The Bertz CT molecular complexity index is 291. The minimum atomic E-state index is -0.0276. The van der Waals surface area contributed by atoms with Crippen molar-refractivity contribution in [3.8, 4) is 0 Å². The number of nitrogens with two attached hydrogens (primary N) is 1. The summed E-state index contributed by atoms with van der Waals surface area (Å²) in [6.07, 6.45) is 1.92. The van der Waals surface area contributed by atoms with Crippen molar-refractivity contribution in [1.82, 2.24) is 15.2 Å². The van der Waals surface area contributed by atoms with E-state index in [-0.39, 0.29) is 17.9 Å². The molecule has 0 bridgehead atoms. The second-order valence-corrected chi connectivity index (χ2v) is 4.70. The van der Waals surface area contributed by atoms with Crippen LogP contribution in [0.4, 0.5) is 0 Å². The molecule has 1 aromatic heterocycles. The highest BCUT2D eigenvalue weighted by Crippen LogP contribution is 2.22. The number of H-pyrrole nitrogens is 1. The van der Waals surface area contributed by atoms with Gasteiger partial charge in [0.25, 0.3) is 0 Å². The maximum Gasteiger partial charge on any atom is 0.208 e. The van der Waals surface area contributed by atoms with E-state index in [9.17, 15) is 5.11 Å². The first-order chi connectivity index (χ1) is 7.17. The Kier molecular flexibility index (Phi) is 5.07. The number of nitrogens with one attached hydrogen (secondary N) is 1. The van der Waals surface area contributed by atoms with Gasteiger partial charge in [-0.05, 0) is 13.3 Å². The van der Waals surface area contributed by atoms with Crippen molar-refractivity contribution in [3.63, 3.8) is 0 Å². The van der Waals surface area contributed by atoms with Crippen molar-refractivity contribution in [2.45, 2.75) is 43.1 Å². The van der Waals surface area contributed by atoms with E-state index in [1.807, 2.05) is 6.92 Å². The second-order valence-electron chi connectivity index (χ2n) is 3.49. The molecule has 0 saturated carbocycles. The Morgan fingerprint density at radius 3 is 2.80 bits per heavy atom. The third-order valence-corrected chi connectivity index (χ3v) is 3.31. The van der Waals surface area contributed by atoms with Crippen LogP contribution in [-0.4, -0.2) is 38.2 Å². The van der Waals surface area contributed by atoms with Gasteiger partial charge in [-0.15, -0.1) is 5.10 Å². The quantitative estimate of drug-likeness (QED) is 0.626. The van der Waals surface area contributed by atoms with Crippen LogP contribution in [0, 0.1) is 6.92 Å². The summed E-state index contributed by atoms with van der Waals surface area (Å²) in [5, 5.41) is 16.6. The summed E-state index contributed by atoms with van der Waals surface area (Å²) in [5.41, 5.74) is 5.95. The fraction of sp³-hybridized carbons (Fsp3) is 0.778. The lowest BCUT2D eigenvalue weighted by atomic mass is 10.1. The number of hydrogen-bond donors (Lipinski definition) is 3. The Hall–Kier alpha value is -0.590. The van der Waals surface area contributed by atoms with Crippen LogP contribution in [0.1, 0.15) is 25.6 Å². The molecule has 86 valence electrons. The van der Waals surface area contributed by atoms with Gasteiger partial charge in [-0.25, -0.2) is 4.98 Å². The lowest BCUT2D eigenvalue weighted by molar-refractivity contribution is 0.279. The van der Waals surface area contributed by atoms with Crippen LogP contribution < -0.4 is 5.73 Å². The lowest BCUT2D eigenvalue weighted by Gasteiger charge is -2.19. The Morgan fingerprint density at radius 2 is 2.33 bits per heavy atom. The minimum Gasteiger partial charge on any atom is -0.395 e. The van der Waals surface area contributed by atoms with E-state index >= 15 is 0 Å². The second kappa shape index (κ2) is 6.09. The van der Waals surface area contributed by atoms with Crippen LogP contribution in [0.25, 0.3) is 0 Å². The maximum atomic E-state index is 9.22. The number of hydrogen-bond acceptors (Lipinski definition) is 5. The highest BCUT2D eigenvalue weighted by Gasteiger charge is 2.19. The van der Waals surface area contributed by atoms with Gasteiger partial charge in [0.15, 0.2) is 0 Å². The van der Waals surface area contributed by atoms with Crippen LogP contribution in [0.5, 0.6) is 0 Å². The van der Waals surface area contributed by atoms with Crippen LogP contribution in [-0.2, 0) is 0 Å². The van der Waals surface area contributed by atoms with Crippen molar-refractivity contribution in [2.75, 3.05) is 6.61 Å². The van der Waals surface area contributed by atoms with E-state index in [4.69, 9.17) is 5.73 Å². The molecular weight excluding hydrogens is 212 g/mol. The van der Waals surface area contributed by atoms with Crippen molar-refractivity contribution in [3.05, 3.63) is 5.82 Å². The van der Waals surface area contributed by atoms with E-state index in [0.29, 0.717) is 5.16 Å². The lowest BCUT2D eigenvalue weighted by Crippen LogP contribution is -2.34. The molecule has 0 saturated heterocycles. The average Bonchev–Trinajstić information content (AvgIpc) is 2.61. The SMILES string of the molecule is CCCC(N)C(CO)Sc1n[nH]c(C)n1. The van der Waals surface area contributed by atoms with Gasteiger partial charge in [0.2, 0.25) is 5.16 Å². The zero-order chi connectivity index (χ0) is 11.3. The molecule has 1 aromatic rings. The first-order valence-electron chi connectivity index (χ1n) is 5.09. The first kappa shape index (κ1) is 12.5. The smallest absolute Gasteiger partial charge is 0.208 e. The molecule has 0 aliphatic heterocycles. The van der Waals surface area contributed by atoms with Crippen LogP contribution in [0.15, 0.2) is 5.16 Å². The molecule has 0 amide bonds. The highest BCUT2D eigenvalue weighted by atomic mass is 32.2. The normalized spacial score (nSPS) is 15.2.